The summed E-state index contributed by atoms with van der Waals surface area (Å²) < 4.78 is 24.4. The molecule has 116 valence electrons. The van der Waals surface area contributed by atoms with E-state index in [1.807, 2.05) is 0 Å². The number of aromatic amines is 1. The van der Waals surface area contributed by atoms with Gasteiger partial charge in [0.05, 0.1) is 6.42 Å². The van der Waals surface area contributed by atoms with E-state index in [4.69, 9.17) is 0 Å². The maximum Gasteiger partial charge on any atom is 0.288 e. The summed E-state index contributed by atoms with van der Waals surface area (Å²) in [6, 6.07) is 6.29. The van der Waals surface area contributed by atoms with E-state index >= 15 is 0 Å². The minimum Gasteiger partial charge on any atom is -0.326 e. The minimum atomic E-state index is -2.45. The molecule has 0 aliphatic heterocycles. The van der Waals surface area contributed by atoms with Crippen LogP contribution in [-0.4, -0.2) is 26.8 Å². The van der Waals surface area contributed by atoms with Crippen LogP contribution in [0.15, 0.2) is 29.2 Å². The van der Waals surface area contributed by atoms with Gasteiger partial charge in [0.1, 0.15) is 5.82 Å². The normalized spacial score (nSPS) is 14.3. The zero-order chi connectivity index (χ0) is 15.5. The van der Waals surface area contributed by atoms with Gasteiger partial charge in [-0.1, -0.05) is 11.8 Å². The third kappa shape index (κ3) is 4.03. The van der Waals surface area contributed by atoms with Crippen molar-refractivity contribution in [2.45, 2.75) is 35.8 Å². The van der Waals surface area contributed by atoms with Gasteiger partial charge in [-0.05, 0) is 37.1 Å². The van der Waals surface area contributed by atoms with Crippen LogP contribution in [0.5, 0.6) is 0 Å². The molecule has 0 bridgehead atoms. The SMILES string of the molecule is O=C(Cc1nc(C2CC2)n[nH]1)Nc1ccc(SC(F)F)cc1. The number of anilines is 1. The molecule has 1 saturated carbocycles. The molecule has 1 heterocycles. The highest BCUT2D eigenvalue weighted by Gasteiger charge is 2.27. The van der Waals surface area contributed by atoms with Crippen molar-refractivity contribution in [1.82, 2.24) is 15.2 Å². The summed E-state index contributed by atoms with van der Waals surface area (Å²) >= 11 is 0.471. The van der Waals surface area contributed by atoms with Crippen molar-refractivity contribution in [3.63, 3.8) is 0 Å². The summed E-state index contributed by atoms with van der Waals surface area (Å²) in [4.78, 5) is 16.7. The van der Waals surface area contributed by atoms with E-state index in [0.717, 1.165) is 18.7 Å². The Kier molecular flexibility index (Phi) is 4.37. The van der Waals surface area contributed by atoms with E-state index in [0.29, 0.717) is 34.1 Å². The van der Waals surface area contributed by atoms with E-state index < -0.39 is 5.76 Å². The van der Waals surface area contributed by atoms with Gasteiger partial charge in [-0.2, -0.15) is 13.9 Å². The largest absolute Gasteiger partial charge is 0.326 e. The summed E-state index contributed by atoms with van der Waals surface area (Å²) in [6.45, 7) is 0. The summed E-state index contributed by atoms with van der Waals surface area (Å²) in [7, 11) is 0. The van der Waals surface area contributed by atoms with Crippen LogP contribution in [0.3, 0.4) is 0 Å². The molecular formula is C14H14F2N4OS. The molecule has 0 saturated heterocycles. The molecule has 0 unspecified atom stereocenters. The summed E-state index contributed by atoms with van der Waals surface area (Å²) in [5.74, 6) is -0.936. The first-order valence-electron chi connectivity index (χ1n) is 6.86. The van der Waals surface area contributed by atoms with Crippen molar-refractivity contribution >= 4 is 23.4 Å². The number of hydrogen-bond acceptors (Lipinski definition) is 4. The molecule has 22 heavy (non-hydrogen) atoms. The fraction of sp³-hybridized carbons (Fsp3) is 0.357. The molecule has 1 fully saturated rings. The van der Waals surface area contributed by atoms with Crippen molar-refractivity contribution in [2.24, 2.45) is 0 Å². The van der Waals surface area contributed by atoms with Gasteiger partial charge in [0.15, 0.2) is 5.82 Å². The summed E-state index contributed by atoms with van der Waals surface area (Å²) in [5, 5.41) is 9.56. The molecule has 0 radical (unpaired) electrons. The highest BCUT2D eigenvalue weighted by molar-refractivity contribution is 7.99. The van der Waals surface area contributed by atoms with Gasteiger partial charge in [0.25, 0.3) is 5.76 Å². The Balaban J connectivity index is 1.54. The van der Waals surface area contributed by atoms with Crippen molar-refractivity contribution in [2.75, 3.05) is 5.32 Å². The molecule has 0 atom stereocenters. The van der Waals surface area contributed by atoms with Crippen LogP contribution in [0.25, 0.3) is 0 Å². The predicted octanol–water partition coefficient (Wildman–Crippen LogP) is 3.18. The minimum absolute atomic E-state index is 0.104. The van der Waals surface area contributed by atoms with E-state index in [1.54, 1.807) is 24.3 Å². The molecule has 0 spiro atoms. The highest BCUT2D eigenvalue weighted by atomic mass is 32.2. The Hall–Kier alpha value is -1.96. The Labute approximate surface area is 129 Å². The Bertz CT molecular complexity index is 655. The number of thioether (sulfide) groups is 1. The molecule has 1 aromatic carbocycles. The molecule has 5 nitrogen and oxygen atoms in total. The van der Waals surface area contributed by atoms with Crippen LogP contribution in [0.1, 0.15) is 30.4 Å². The van der Waals surface area contributed by atoms with Crippen LogP contribution in [-0.2, 0) is 11.2 Å². The Morgan fingerprint density at radius 1 is 1.36 bits per heavy atom. The number of halogens is 2. The molecule has 1 aliphatic carbocycles. The quantitative estimate of drug-likeness (QED) is 0.801. The molecule has 1 aliphatic rings. The number of aromatic nitrogens is 3. The molecule has 2 N–H and O–H groups in total. The molecule has 1 aromatic heterocycles. The van der Waals surface area contributed by atoms with Crippen LogP contribution in [0.4, 0.5) is 14.5 Å². The van der Waals surface area contributed by atoms with Gasteiger partial charge in [-0.15, -0.1) is 0 Å². The monoisotopic (exact) mass is 324 g/mol. The number of benzene rings is 1. The van der Waals surface area contributed by atoms with E-state index in [1.165, 1.54) is 0 Å². The van der Waals surface area contributed by atoms with Gasteiger partial charge in [0, 0.05) is 16.5 Å². The van der Waals surface area contributed by atoms with Gasteiger partial charge in [-0.25, -0.2) is 4.98 Å². The molecule has 8 heteroatoms. The van der Waals surface area contributed by atoms with Gasteiger partial charge >= 0.3 is 0 Å². The highest BCUT2D eigenvalue weighted by Crippen LogP contribution is 2.37. The summed E-state index contributed by atoms with van der Waals surface area (Å²) in [5.41, 5.74) is 0.561. The number of H-pyrrole nitrogens is 1. The number of hydrogen-bond donors (Lipinski definition) is 2. The maximum atomic E-state index is 12.2. The standard InChI is InChI=1S/C14H14F2N4OS/c15-14(16)22-10-5-3-9(4-6-10)17-12(21)7-11-18-13(20-19-11)8-1-2-8/h3-6,8,14H,1-2,7H2,(H,17,21)(H,18,19,20). The second-order valence-corrected chi connectivity index (χ2v) is 6.11. The van der Waals surface area contributed by atoms with Crippen molar-refractivity contribution < 1.29 is 13.6 Å². The zero-order valence-electron chi connectivity index (χ0n) is 11.6. The molecule has 3 rings (SSSR count). The molecule has 2 aromatic rings. The lowest BCUT2D eigenvalue weighted by atomic mass is 10.3. The number of carbonyl (C=O) groups excluding carboxylic acids is 1. The average Bonchev–Trinajstić information content (AvgIpc) is 3.21. The second-order valence-electron chi connectivity index (χ2n) is 5.04. The molecule has 1 amide bonds. The van der Waals surface area contributed by atoms with Gasteiger partial charge in [0.2, 0.25) is 5.91 Å². The zero-order valence-corrected chi connectivity index (χ0v) is 12.4. The fourth-order valence-electron chi connectivity index (χ4n) is 1.99. The number of carbonyl (C=O) groups is 1. The van der Waals surface area contributed by atoms with Crippen molar-refractivity contribution in [3.05, 3.63) is 35.9 Å². The van der Waals surface area contributed by atoms with E-state index in [9.17, 15) is 13.6 Å². The number of nitrogens with zero attached hydrogens (tertiary/aromatic N) is 2. The fourth-order valence-corrected chi connectivity index (χ4v) is 2.49. The maximum absolute atomic E-state index is 12.2. The van der Waals surface area contributed by atoms with Gasteiger partial charge < -0.3 is 5.32 Å². The number of rotatable bonds is 6. The predicted molar refractivity (Wildman–Crippen MR) is 79.0 cm³/mol. The van der Waals surface area contributed by atoms with E-state index in [2.05, 4.69) is 20.5 Å². The number of alkyl halides is 2. The van der Waals surface area contributed by atoms with Gasteiger partial charge in [-0.3, -0.25) is 9.89 Å². The van der Waals surface area contributed by atoms with Crippen LogP contribution < -0.4 is 5.32 Å². The van der Waals surface area contributed by atoms with E-state index in [-0.39, 0.29) is 12.3 Å². The molecular weight excluding hydrogens is 310 g/mol. The van der Waals surface area contributed by atoms with Crippen molar-refractivity contribution in [1.29, 1.82) is 0 Å². The van der Waals surface area contributed by atoms with Crippen molar-refractivity contribution in [3.8, 4) is 0 Å². The topological polar surface area (TPSA) is 70.7 Å². The third-order valence-electron chi connectivity index (χ3n) is 3.18. The Morgan fingerprint density at radius 2 is 2.09 bits per heavy atom. The lowest BCUT2D eigenvalue weighted by Gasteiger charge is -2.05. The van der Waals surface area contributed by atoms with Crippen LogP contribution in [0, 0.1) is 0 Å². The summed E-state index contributed by atoms with van der Waals surface area (Å²) in [6.07, 6.45) is 2.31. The van der Waals surface area contributed by atoms with Crippen LogP contribution in [0.2, 0.25) is 0 Å². The number of nitrogens with one attached hydrogen (secondary N) is 2. The van der Waals surface area contributed by atoms with Crippen LogP contribution >= 0.6 is 11.8 Å². The third-order valence-corrected chi connectivity index (χ3v) is 3.91. The second kappa shape index (κ2) is 6.43. The smallest absolute Gasteiger partial charge is 0.288 e. The average molecular weight is 324 g/mol. The first-order valence-corrected chi connectivity index (χ1v) is 7.74. The first-order chi connectivity index (χ1) is 10.6. The first kappa shape index (κ1) is 15.0. The Morgan fingerprint density at radius 3 is 2.73 bits per heavy atom. The number of amides is 1. The lowest BCUT2D eigenvalue weighted by Crippen LogP contribution is -2.15. The lowest BCUT2D eigenvalue weighted by molar-refractivity contribution is -0.115.